The molecule has 0 spiro atoms. The van der Waals surface area contributed by atoms with Gasteiger partial charge in [-0.25, -0.2) is 0 Å². The highest BCUT2D eigenvalue weighted by atomic mass is 15.2. The summed E-state index contributed by atoms with van der Waals surface area (Å²) in [6.07, 6.45) is 2.71. The van der Waals surface area contributed by atoms with E-state index in [-0.39, 0.29) is 0 Å². The number of benzene rings is 1. The average molecular weight is 257 g/mol. The minimum absolute atomic E-state index is 0.575. The summed E-state index contributed by atoms with van der Waals surface area (Å²) in [6.45, 7) is 6.22. The molecular weight excluding hydrogens is 234 g/mol. The number of nitrogens with zero attached hydrogens (tertiary/aromatic N) is 2. The van der Waals surface area contributed by atoms with Crippen LogP contribution in [0.3, 0.4) is 0 Å². The minimum atomic E-state index is 0.575. The van der Waals surface area contributed by atoms with Gasteiger partial charge in [-0.05, 0) is 57.0 Å². The Labute approximate surface area is 116 Å². The molecule has 0 amide bonds. The lowest BCUT2D eigenvalue weighted by Gasteiger charge is -2.24. The van der Waals surface area contributed by atoms with Crippen molar-refractivity contribution in [2.24, 2.45) is 0 Å². The summed E-state index contributed by atoms with van der Waals surface area (Å²) in [5.74, 6) is 0. The number of aryl methyl sites for hydroxylation is 1. The number of hydrogen-bond acceptors (Lipinski definition) is 3. The molecule has 1 N–H and O–H groups in total. The molecule has 0 aliphatic heterocycles. The molecule has 1 aliphatic carbocycles. The molecule has 1 atom stereocenters. The Morgan fingerprint density at radius 2 is 2.21 bits per heavy atom. The second-order valence-electron chi connectivity index (χ2n) is 5.63. The van der Waals surface area contributed by atoms with Crippen molar-refractivity contribution in [1.82, 2.24) is 10.2 Å². The Kier molecular flexibility index (Phi) is 4.57. The van der Waals surface area contributed by atoms with Crippen LogP contribution in [0.4, 0.5) is 0 Å². The highest BCUT2D eigenvalue weighted by Crippen LogP contribution is 2.26. The van der Waals surface area contributed by atoms with Crippen LogP contribution in [-0.4, -0.2) is 30.6 Å². The van der Waals surface area contributed by atoms with Crippen LogP contribution in [0.25, 0.3) is 0 Å². The maximum absolute atomic E-state index is 8.85. The molecule has 1 fully saturated rings. The number of rotatable bonds is 6. The van der Waals surface area contributed by atoms with E-state index in [0.717, 1.165) is 24.7 Å². The Balaban J connectivity index is 1.80. The van der Waals surface area contributed by atoms with Gasteiger partial charge in [-0.3, -0.25) is 4.90 Å². The number of nitriles is 1. The van der Waals surface area contributed by atoms with Gasteiger partial charge >= 0.3 is 0 Å². The third kappa shape index (κ3) is 3.79. The topological polar surface area (TPSA) is 39.1 Å². The molecule has 0 saturated heterocycles. The summed E-state index contributed by atoms with van der Waals surface area (Å²) >= 11 is 0. The van der Waals surface area contributed by atoms with Crippen LogP contribution in [-0.2, 0) is 6.54 Å². The third-order valence-electron chi connectivity index (χ3n) is 4.04. The van der Waals surface area contributed by atoms with Crippen molar-refractivity contribution in [1.29, 1.82) is 5.26 Å². The van der Waals surface area contributed by atoms with Crippen LogP contribution in [0.1, 0.15) is 36.5 Å². The van der Waals surface area contributed by atoms with E-state index in [4.69, 9.17) is 5.26 Å². The molecule has 0 aromatic heterocycles. The van der Waals surface area contributed by atoms with Crippen molar-refractivity contribution in [3.05, 3.63) is 34.9 Å². The van der Waals surface area contributed by atoms with E-state index in [2.05, 4.69) is 43.2 Å². The number of nitrogens with one attached hydrogen (secondary N) is 1. The van der Waals surface area contributed by atoms with Gasteiger partial charge in [-0.2, -0.15) is 5.26 Å². The zero-order chi connectivity index (χ0) is 13.8. The molecule has 1 aromatic carbocycles. The summed E-state index contributed by atoms with van der Waals surface area (Å²) in [6, 6.07) is 9.46. The summed E-state index contributed by atoms with van der Waals surface area (Å²) in [5, 5.41) is 12.4. The van der Waals surface area contributed by atoms with E-state index in [1.54, 1.807) is 0 Å². The van der Waals surface area contributed by atoms with Crippen LogP contribution >= 0.6 is 0 Å². The monoisotopic (exact) mass is 257 g/mol. The zero-order valence-electron chi connectivity index (χ0n) is 12.1. The Hall–Kier alpha value is -1.37. The van der Waals surface area contributed by atoms with Gasteiger partial charge < -0.3 is 5.32 Å². The van der Waals surface area contributed by atoms with E-state index < -0.39 is 0 Å². The average Bonchev–Trinajstić information content (AvgIpc) is 3.23. The maximum atomic E-state index is 8.85. The lowest BCUT2D eigenvalue weighted by Crippen LogP contribution is -2.39. The van der Waals surface area contributed by atoms with Gasteiger partial charge in [0.25, 0.3) is 0 Å². The summed E-state index contributed by atoms with van der Waals surface area (Å²) in [4.78, 5) is 2.47. The predicted molar refractivity (Wildman–Crippen MR) is 77.8 cm³/mol. The van der Waals surface area contributed by atoms with Gasteiger partial charge in [-0.15, -0.1) is 0 Å². The third-order valence-corrected chi connectivity index (χ3v) is 4.04. The molecule has 0 heterocycles. The molecule has 102 valence electrons. The van der Waals surface area contributed by atoms with Crippen molar-refractivity contribution < 1.29 is 0 Å². The fourth-order valence-electron chi connectivity index (χ4n) is 2.37. The molecule has 1 aliphatic rings. The van der Waals surface area contributed by atoms with E-state index in [9.17, 15) is 0 Å². The van der Waals surface area contributed by atoms with Crippen LogP contribution in [0.5, 0.6) is 0 Å². The molecule has 0 bridgehead atoms. The molecule has 1 saturated carbocycles. The summed E-state index contributed by atoms with van der Waals surface area (Å²) in [5.41, 5.74) is 3.21. The SMILES string of the molecule is Cc1cc(C#N)ccc1CNCC(C)N(C)C1CC1. The lowest BCUT2D eigenvalue weighted by molar-refractivity contribution is 0.241. The van der Waals surface area contributed by atoms with E-state index in [0.29, 0.717) is 6.04 Å². The standard InChI is InChI=1S/C16H23N3/c1-12-8-14(9-17)4-5-15(12)11-18-10-13(2)19(3)16-6-7-16/h4-5,8,13,16,18H,6-7,10-11H2,1-3H3. The Morgan fingerprint density at radius 1 is 1.47 bits per heavy atom. The van der Waals surface area contributed by atoms with Crippen molar-refractivity contribution in [3.8, 4) is 6.07 Å². The minimum Gasteiger partial charge on any atom is -0.311 e. The van der Waals surface area contributed by atoms with E-state index in [1.807, 2.05) is 12.1 Å². The first kappa shape index (κ1) is 14.0. The van der Waals surface area contributed by atoms with Gasteiger partial charge in [0.05, 0.1) is 11.6 Å². The Bertz CT molecular complexity index is 471. The van der Waals surface area contributed by atoms with Gasteiger partial charge in [0, 0.05) is 25.2 Å². The molecular formula is C16H23N3. The number of hydrogen-bond donors (Lipinski definition) is 1. The first-order chi connectivity index (χ1) is 9.11. The predicted octanol–water partition coefficient (Wildman–Crippen LogP) is 2.44. The van der Waals surface area contributed by atoms with Crippen molar-refractivity contribution >= 4 is 0 Å². The van der Waals surface area contributed by atoms with Crippen LogP contribution in [0, 0.1) is 18.3 Å². The summed E-state index contributed by atoms with van der Waals surface area (Å²) < 4.78 is 0. The van der Waals surface area contributed by atoms with Crippen molar-refractivity contribution in [2.75, 3.05) is 13.6 Å². The Morgan fingerprint density at radius 3 is 2.79 bits per heavy atom. The molecule has 3 nitrogen and oxygen atoms in total. The maximum Gasteiger partial charge on any atom is 0.0991 e. The molecule has 0 radical (unpaired) electrons. The lowest BCUT2D eigenvalue weighted by atomic mass is 10.1. The number of likely N-dealkylation sites (N-methyl/N-ethyl adjacent to an activating group) is 1. The molecule has 1 aromatic rings. The van der Waals surface area contributed by atoms with Gasteiger partial charge in [0.1, 0.15) is 0 Å². The first-order valence-electron chi connectivity index (χ1n) is 7.04. The van der Waals surface area contributed by atoms with Crippen LogP contribution in [0.15, 0.2) is 18.2 Å². The fourth-order valence-corrected chi connectivity index (χ4v) is 2.37. The molecule has 2 rings (SSSR count). The second kappa shape index (κ2) is 6.18. The highest BCUT2D eigenvalue weighted by Gasteiger charge is 2.28. The quantitative estimate of drug-likeness (QED) is 0.850. The normalized spacial score (nSPS) is 16.4. The van der Waals surface area contributed by atoms with Crippen molar-refractivity contribution in [3.63, 3.8) is 0 Å². The second-order valence-corrected chi connectivity index (χ2v) is 5.63. The van der Waals surface area contributed by atoms with E-state index >= 15 is 0 Å². The van der Waals surface area contributed by atoms with Crippen LogP contribution in [0.2, 0.25) is 0 Å². The van der Waals surface area contributed by atoms with Crippen LogP contribution < -0.4 is 5.32 Å². The largest absolute Gasteiger partial charge is 0.311 e. The first-order valence-corrected chi connectivity index (χ1v) is 7.04. The van der Waals surface area contributed by atoms with Gasteiger partial charge in [0.2, 0.25) is 0 Å². The fraction of sp³-hybridized carbons (Fsp3) is 0.562. The molecule has 19 heavy (non-hydrogen) atoms. The zero-order valence-corrected chi connectivity index (χ0v) is 12.1. The van der Waals surface area contributed by atoms with Crippen molar-refractivity contribution in [2.45, 2.75) is 45.3 Å². The highest BCUT2D eigenvalue weighted by molar-refractivity contribution is 5.37. The molecule has 1 unspecified atom stereocenters. The molecule has 3 heteroatoms. The van der Waals surface area contributed by atoms with E-state index in [1.165, 1.54) is 24.0 Å². The summed E-state index contributed by atoms with van der Waals surface area (Å²) in [7, 11) is 2.22. The van der Waals surface area contributed by atoms with Gasteiger partial charge in [-0.1, -0.05) is 6.07 Å². The smallest absolute Gasteiger partial charge is 0.0991 e. The van der Waals surface area contributed by atoms with Gasteiger partial charge in [0.15, 0.2) is 0 Å².